The Morgan fingerprint density at radius 3 is 1.66 bits per heavy atom. The highest BCUT2D eigenvalue weighted by atomic mass is 35.5. The average molecular weight is 823 g/mol. The molecule has 1 aromatic heterocycles. The summed E-state index contributed by atoms with van der Waals surface area (Å²) in [5.74, 6) is 2.18. The Balaban J connectivity index is 1.30. The summed E-state index contributed by atoms with van der Waals surface area (Å²) in [6.45, 7) is 16.6. The lowest BCUT2D eigenvalue weighted by Crippen LogP contribution is -2.18. The van der Waals surface area contributed by atoms with E-state index in [-0.39, 0.29) is 10.8 Å². The highest BCUT2D eigenvalue weighted by Crippen LogP contribution is 2.52. The van der Waals surface area contributed by atoms with Gasteiger partial charge in [0.25, 0.3) is 0 Å². The first kappa shape index (κ1) is 40.0. The van der Waals surface area contributed by atoms with Crippen molar-refractivity contribution in [2.24, 2.45) is 0 Å². The second-order valence-corrected chi connectivity index (χ2v) is 18.3. The molecule has 0 N–H and O–H groups in total. The number of aryl methyl sites for hydroxylation is 1. The molecule has 0 fully saturated rings. The van der Waals surface area contributed by atoms with Gasteiger partial charge in [0.05, 0.1) is 22.1 Å². The summed E-state index contributed by atoms with van der Waals surface area (Å²) < 4.78 is 18.9. The number of anilines is 6. The smallest absolute Gasteiger partial charge is 0.163 e. The first-order valence-corrected chi connectivity index (χ1v) is 21.4. The van der Waals surface area contributed by atoms with Gasteiger partial charge in [0, 0.05) is 39.6 Å². The molecule has 0 saturated carbocycles. The van der Waals surface area contributed by atoms with Crippen LogP contribution in [0.1, 0.15) is 58.2 Å². The summed E-state index contributed by atoms with van der Waals surface area (Å²) >= 11 is 7.97. The molecule has 306 valence electrons. The number of hydrogen-bond acceptors (Lipinski definition) is 5. The molecule has 2 heterocycles. The molecule has 6 heteroatoms. The van der Waals surface area contributed by atoms with Gasteiger partial charge in [-0.2, -0.15) is 0 Å². The van der Waals surface area contributed by atoms with Crippen LogP contribution in [-0.4, -0.2) is 13.2 Å². The van der Waals surface area contributed by atoms with Gasteiger partial charge in [-0.1, -0.05) is 138 Å². The van der Waals surface area contributed by atoms with E-state index in [0.717, 1.165) is 73.1 Å². The van der Waals surface area contributed by atoms with Gasteiger partial charge in [0.1, 0.15) is 24.6 Å². The Bertz CT molecular complexity index is 2760. The van der Waals surface area contributed by atoms with E-state index < -0.39 is 0 Å². The number of fused-ring (bicyclic) bond motifs is 2. The minimum Gasteiger partial charge on any atom is -0.486 e. The van der Waals surface area contributed by atoms with E-state index in [2.05, 4.69) is 192 Å². The van der Waals surface area contributed by atoms with E-state index >= 15 is 0 Å². The molecule has 0 radical (unpaired) electrons. The molecule has 1 aliphatic heterocycles. The fourth-order valence-electron chi connectivity index (χ4n) is 8.15. The zero-order valence-corrected chi connectivity index (χ0v) is 36.7. The number of nitrogens with zero attached hydrogens (tertiary/aromatic N) is 2. The van der Waals surface area contributed by atoms with Gasteiger partial charge in [-0.15, -0.1) is 0 Å². The fraction of sp³-hybridized carbons (Fsp3) is 0.200. The molecule has 61 heavy (non-hydrogen) atoms. The number of rotatable bonds is 8. The lowest BCUT2D eigenvalue weighted by molar-refractivity contribution is 0.172. The molecule has 0 spiro atoms. The van der Waals surface area contributed by atoms with Crippen molar-refractivity contribution < 1.29 is 13.9 Å². The van der Waals surface area contributed by atoms with Gasteiger partial charge in [0.15, 0.2) is 11.5 Å². The Morgan fingerprint density at radius 1 is 0.492 bits per heavy atom. The Morgan fingerprint density at radius 2 is 1.05 bits per heavy atom. The van der Waals surface area contributed by atoms with Gasteiger partial charge in [-0.05, 0) is 107 Å². The zero-order valence-electron chi connectivity index (χ0n) is 35.9. The quantitative estimate of drug-likeness (QED) is 0.153. The fourth-order valence-corrected chi connectivity index (χ4v) is 8.43. The van der Waals surface area contributed by atoms with E-state index in [1.165, 1.54) is 11.1 Å². The van der Waals surface area contributed by atoms with E-state index in [1.807, 2.05) is 24.3 Å². The molecule has 0 aliphatic carbocycles. The topological polar surface area (TPSA) is 38.1 Å². The molecular formula is C55H51ClN2O3. The van der Waals surface area contributed by atoms with Crippen LogP contribution in [0.15, 0.2) is 162 Å². The molecular weight excluding hydrogens is 772 g/mol. The summed E-state index contributed by atoms with van der Waals surface area (Å²) in [7, 11) is 0. The number of hydrogen-bond donors (Lipinski definition) is 0. The first-order valence-electron chi connectivity index (χ1n) is 21.0. The molecule has 8 aromatic rings. The van der Waals surface area contributed by atoms with Crippen molar-refractivity contribution in [2.45, 2.75) is 59.3 Å². The van der Waals surface area contributed by atoms with Crippen LogP contribution in [0.25, 0.3) is 33.4 Å². The second-order valence-electron chi connectivity index (χ2n) is 18.0. The molecule has 0 bridgehead atoms. The summed E-state index contributed by atoms with van der Waals surface area (Å²) in [6, 6.07) is 55.4. The van der Waals surface area contributed by atoms with Crippen LogP contribution < -0.4 is 19.3 Å². The van der Waals surface area contributed by atoms with Crippen molar-refractivity contribution in [3.63, 3.8) is 0 Å². The lowest BCUT2D eigenvalue weighted by Gasteiger charge is -2.33. The third kappa shape index (κ3) is 7.99. The number of benzene rings is 7. The largest absolute Gasteiger partial charge is 0.486 e. The van der Waals surface area contributed by atoms with Crippen molar-refractivity contribution in [3.05, 3.63) is 179 Å². The SMILES string of the molecule is Cc1cc(N(c2ccc(C(C)(C)C)cc2)c2ccc(C(C)(C)C)cc2)c(Cl)c(N(c2cccc(-c3cc4ccccc4o3)c2)c2cc3c(cc2-c2ccccc2)OCCO3)c1. The van der Waals surface area contributed by atoms with Crippen LogP contribution in [0.5, 0.6) is 11.5 Å². The minimum atomic E-state index is 0.00334. The van der Waals surface area contributed by atoms with Crippen molar-refractivity contribution in [2.75, 3.05) is 23.0 Å². The van der Waals surface area contributed by atoms with Crippen LogP contribution in [-0.2, 0) is 10.8 Å². The standard InChI is InChI=1S/C55H51ClN2O3/c1-36-30-47(57(42-24-20-40(21-25-42)54(2,3)4)43-26-22-41(23-27-43)55(5,6)7)53(56)48(31-36)58(44-18-13-17-38(32-44)50-33-39-16-11-12-19-49(39)61-50)46-35-52-51(59-28-29-60-52)34-45(46)37-14-9-8-10-15-37/h8-27,30-35H,28-29H2,1-7H3. The van der Waals surface area contributed by atoms with Crippen LogP contribution in [0.4, 0.5) is 34.1 Å². The van der Waals surface area contributed by atoms with Gasteiger partial charge in [-0.3, -0.25) is 0 Å². The maximum atomic E-state index is 7.97. The molecule has 1 aliphatic rings. The van der Waals surface area contributed by atoms with Crippen LogP contribution in [0.3, 0.4) is 0 Å². The molecule has 7 aromatic carbocycles. The molecule has 0 amide bonds. The van der Waals surface area contributed by atoms with Crippen molar-refractivity contribution in [1.82, 2.24) is 0 Å². The summed E-state index contributed by atoms with van der Waals surface area (Å²) in [4.78, 5) is 4.54. The minimum absolute atomic E-state index is 0.00334. The summed E-state index contributed by atoms with van der Waals surface area (Å²) in [5.41, 5.74) is 12.9. The van der Waals surface area contributed by atoms with Gasteiger partial charge >= 0.3 is 0 Å². The van der Waals surface area contributed by atoms with E-state index in [4.69, 9.17) is 25.5 Å². The monoisotopic (exact) mass is 822 g/mol. The van der Waals surface area contributed by atoms with E-state index in [1.54, 1.807) is 0 Å². The average Bonchev–Trinajstić information content (AvgIpc) is 3.70. The predicted octanol–water partition coefficient (Wildman–Crippen LogP) is 16.0. The molecule has 0 unspecified atom stereocenters. The number of halogens is 1. The number of furan rings is 1. The van der Waals surface area contributed by atoms with Crippen molar-refractivity contribution in [1.29, 1.82) is 0 Å². The Hall–Kier alpha value is -6.43. The zero-order chi connectivity index (χ0) is 42.5. The highest BCUT2D eigenvalue weighted by Gasteiger charge is 2.28. The van der Waals surface area contributed by atoms with Crippen molar-refractivity contribution in [3.8, 4) is 33.9 Å². The third-order valence-electron chi connectivity index (χ3n) is 11.4. The first-order chi connectivity index (χ1) is 29.3. The van der Waals surface area contributed by atoms with Crippen LogP contribution in [0, 0.1) is 6.92 Å². The van der Waals surface area contributed by atoms with Gasteiger partial charge in [0.2, 0.25) is 0 Å². The van der Waals surface area contributed by atoms with Gasteiger partial charge < -0.3 is 23.7 Å². The van der Waals surface area contributed by atoms with Crippen LogP contribution >= 0.6 is 11.6 Å². The van der Waals surface area contributed by atoms with E-state index in [9.17, 15) is 0 Å². The summed E-state index contributed by atoms with van der Waals surface area (Å²) in [5, 5.41) is 1.64. The number of para-hydroxylation sites is 1. The Labute approximate surface area is 364 Å². The molecule has 0 saturated heterocycles. The molecule has 5 nitrogen and oxygen atoms in total. The molecule has 9 rings (SSSR count). The number of ether oxygens (including phenoxy) is 2. The summed E-state index contributed by atoms with van der Waals surface area (Å²) in [6.07, 6.45) is 0. The van der Waals surface area contributed by atoms with Gasteiger partial charge in [-0.25, -0.2) is 0 Å². The van der Waals surface area contributed by atoms with Crippen molar-refractivity contribution >= 4 is 56.7 Å². The normalized spacial score (nSPS) is 12.7. The lowest BCUT2D eigenvalue weighted by atomic mass is 9.86. The Kier molecular flexibility index (Phi) is 10.4. The highest BCUT2D eigenvalue weighted by molar-refractivity contribution is 6.37. The van der Waals surface area contributed by atoms with Crippen LogP contribution in [0.2, 0.25) is 5.02 Å². The maximum absolute atomic E-state index is 7.97. The third-order valence-corrected chi connectivity index (χ3v) is 11.8. The maximum Gasteiger partial charge on any atom is 0.163 e. The second kappa shape index (κ2) is 15.9. The molecule has 0 atom stereocenters. The van der Waals surface area contributed by atoms with E-state index in [0.29, 0.717) is 29.7 Å². The predicted molar refractivity (Wildman–Crippen MR) is 255 cm³/mol.